The van der Waals surface area contributed by atoms with E-state index in [1.807, 2.05) is 18.5 Å². The van der Waals surface area contributed by atoms with Gasteiger partial charge in [-0.15, -0.1) is 10.2 Å². The summed E-state index contributed by atoms with van der Waals surface area (Å²) in [6, 6.07) is 0.406. The lowest BCUT2D eigenvalue weighted by atomic mass is 9.85. The molecule has 5 rings (SSSR count). The molecule has 9 nitrogen and oxygen atoms in total. The van der Waals surface area contributed by atoms with Crippen molar-refractivity contribution in [1.82, 2.24) is 30.3 Å². The van der Waals surface area contributed by atoms with Crippen LogP contribution in [0.25, 0.3) is 0 Å². The summed E-state index contributed by atoms with van der Waals surface area (Å²) in [4.78, 5) is 31.9. The van der Waals surface area contributed by atoms with Crippen LogP contribution in [-0.2, 0) is 23.2 Å². The van der Waals surface area contributed by atoms with Crippen LogP contribution < -0.4 is 10.6 Å². The highest BCUT2D eigenvalue weighted by Crippen LogP contribution is 2.52. The molecule has 3 aliphatic carbocycles. The summed E-state index contributed by atoms with van der Waals surface area (Å²) in [5.74, 6) is 2.59. The summed E-state index contributed by atoms with van der Waals surface area (Å²) >= 11 is 0. The van der Waals surface area contributed by atoms with E-state index < -0.39 is 0 Å². The molecule has 3 fully saturated rings. The number of carbonyl (C=O) groups is 2. The summed E-state index contributed by atoms with van der Waals surface area (Å²) in [5.41, 5.74) is 0. The summed E-state index contributed by atoms with van der Waals surface area (Å²) in [6.07, 6.45) is 9.93. The van der Waals surface area contributed by atoms with Crippen LogP contribution in [0.3, 0.4) is 0 Å². The molecule has 2 amide bonds. The number of nitrogens with zero attached hydrogens (tertiary/aromatic N) is 5. The topological polar surface area (TPSA) is 105 Å². The molecule has 2 saturated carbocycles. The molecular formula is C22H31N7O2. The monoisotopic (exact) mass is 425 g/mol. The third-order valence-electron chi connectivity index (χ3n) is 7.45. The number of carbonyl (C=O) groups excluding carboxylic acids is 2. The normalized spacial score (nSPS) is 30.0. The average Bonchev–Trinajstić information content (AvgIpc) is 3.57. The number of allylic oxidation sites excluding steroid dienone is 2. The molecule has 166 valence electrons. The molecular weight excluding hydrogens is 394 g/mol. The SMILES string of the molecule is Cc1nnc(CN=C(NCCN2C(=O)C3C4C=CC(C4)C3C2=O)NC2CCCC2)n1C. The molecule has 9 heteroatoms. The predicted octanol–water partition coefficient (Wildman–Crippen LogP) is 0.908. The van der Waals surface area contributed by atoms with Crippen molar-refractivity contribution in [3.8, 4) is 0 Å². The molecule has 4 unspecified atom stereocenters. The van der Waals surface area contributed by atoms with Gasteiger partial charge in [-0.25, -0.2) is 4.99 Å². The first-order valence-electron chi connectivity index (χ1n) is 11.5. The maximum atomic E-state index is 12.9. The van der Waals surface area contributed by atoms with Crippen molar-refractivity contribution in [1.29, 1.82) is 0 Å². The van der Waals surface area contributed by atoms with Crippen LogP contribution in [0.15, 0.2) is 17.1 Å². The number of amides is 2. The van der Waals surface area contributed by atoms with Gasteiger partial charge in [-0.2, -0.15) is 0 Å². The Hall–Kier alpha value is -2.71. The Morgan fingerprint density at radius 2 is 1.81 bits per heavy atom. The third-order valence-corrected chi connectivity index (χ3v) is 7.45. The fourth-order valence-electron chi connectivity index (χ4n) is 5.63. The van der Waals surface area contributed by atoms with Gasteiger partial charge in [0.1, 0.15) is 12.4 Å². The minimum atomic E-state index is -0.133. The van der Waals surface area contributed by atoms with E-state index in [1.165, 1.54) is 17.7 Å². The fraction of sp³-hybridized carbons (Fsp3) is 0.682. The molecule has 2 bridgehead atoms. The van der Waals surface area contributed by atoms with Gasteiger partial charge in [-0.05, 0) is 38.0 Å². The first-order valence-corrected chi connectivity index (χ1v) is 11.5. The van der Waals surface area contributed by atoms with Gasteiger partial charge < -0.3 is 15.2 Å². The molecule has 4 atom stereocenters. The minimum absolute atomic E-state index is 0.00505. The van der Waals surface area contributed by atoms with Gasteiger partial charge in [0.05, 0.1) is 11.8 Å². The average molecular weight is 426 g/mol. The van der Waals surface area contributed by atoms with Crippen molar-refractivity contribution in [3.63, 3.8) is 0 Å². The van der Waals surface area contributed by atoms with E-state index in [0.29, 0.717) is 31.6 Å². The minimum Gasteiger partial charge on any atom is -0.355 e. The number of aliphatic imine (C=N–C) groups is 1. The van der Waals surface area contributed by atoms with E-state index in [0.717, 1.165) is 30.9 Å². The molecule has 1 saturated heterocycles. The summed E-state index contributed by atoms with van der Waals surface area (Å²) < 4.78 is 1.93. The molecule has 1 aromatic heterocycles. The highest BCUT2D eigenvalue weighted by Gasteiger charge is 2.58. The second-order valence-corrected chi connectivity index (χ2v) is 9.27. The Kier molecular flexibility index (Phi) is 5.27. The molecule has 2 N–H and O–H groups in total. The van der Waals surface area contributed by atoms with Gasteiger partial charge in [0.25, 0.3) is 0 Å². The first-order chi connectivity index (χ1) is 15.0. The summed E-state index contributed by atoms with van der Waals surface area (Å²) in [7, 11) is 1.93. The van der Waals surface area contributed by atoms with Crippen LogP contribution in [0.5, 0.6) is 0 Å². The zero-order valence-corrected chi connectivity index (χ0v) is 18.3. The van der Waals surface area contributed by atoms with Crippen LogP contribution >= 0.6 is 0 Å². The molecule has 1 aromatic rings. The van der Waals surface area contributed by atoms with Crippen LogP contribution in [-0.4, -0.2) is 56.6 Å². The van der Waals surface area contributed by atoms with Gasteiger partial charge in [0.2, 0.25) is 11.8 Å². The number of hydrogen-bond acceptors (Lipinski definition) is 5. The summed E-state index contributed by atoms with van der Waals surface area (Å²) in [6.45, 7) is 3.19. The lowest BCUT2D eigenvalue weighted by Crippen LogP contribution is -2.46. The molecule has 0 aromatic carbocycles. The largest absolute Gasteiger partial charge is 0.355 e. The van der Waals surface area contributed by atoms with Crippen molar-refractivity contribution in [2.45, 2.75) is 51.6 Å². The number of guanidine groups is 1. The molecule has 0 radical (unpaired) electrons. The number of aryl methyl sites for hydroxylation is 1. The number of hydrogen-bond donors (Lipinski definition) is 2. The van der Waals surface area contributed by atoms with Crippen LogP contribution in [0.1, 0.15) is 43.8 Å². The number of aromatic nitrogens is 3. The maximum absolute atomic E-state index is 12.9. The zero-order valence-electron chi connectivity index (χ0n) is 18.3. The van der Waals surface area contributed by atoms with E-state index in [-0.39, 0.29) is 35.5 Å². The van der Waals surface area contributed by atoms with Crippen LogP contribution in [0.2, 0.25) is 0 Å². The quantitative estimate of drug-likeness (QED) is 0.304. The van der Waals surface area contributed by atoms with E-state index in [9.17, 15) is 9.59 Å². The molecule has 31 heavy (non-hydrogen) atoms. The maximum Gasteiger partial charge on any atom is 0.233 e. The number of imide groups is 1. The fourth-order valence-corrected chi connectivity index (χ4v) is 5.63. The standard InChI is InChI=1S/C22H31N7O2/c1-13-26-27-17(28(13)2)12-24-22(25-16-5-3-4-6-16)23-9-10-29-20(30)18-14-7-8-15(11-14)19(18)21(29)31/h7-8,14-16,18-19H,3-6,9-12H2,1-2H3,(H2,23,24,25). The number of likely N-dealkylation sites (tertiary alicyclic amines) is 1. The summed E-state index contributed by atoms with van der Waals surface area (Å²) in [5, 5.41) is 15.1. The molecule has 4 aliphatic rings. The van der Waals surface area contributed by atoms with Crippen molar-refractivity contribution in [3.05, 3.63) is 23.8 Å². The predicted molar refractivity (Wildman–Crippen MR) is 115 cm³/mol. The van der Waals surface area contributed by atoms with Crippen molar-refractivity contribution >= 4 is 17.8 Å². The van der Waals surface area contributed by atoms with E-state index in [2.05, 4.69) is 33.0 Å². The number of rotatable bonds is 6. The van der Waals surface area contributed by atoms with Gasteiger partial charge in [0.15, 0.2) is 11.8 Å². The Morgan fingerprint density at radius 1 is 1.13 bits per heavy atom. The zero-order chi connectivity index (χ0) is 21.5. The van der Waals surface area contributed by atoms with Crippen molar-refractivity contribution < 1.29 is 9.59 Å². The number of nitrogens with one attached hydrogen (secondary N) is 2. The van der Waals surface area contributed by atoms with E-state index >= 15 is 0 Å². The lowest BCUT2D eigenvalue weighted by molar-refractivity contribution is -0.140. The van der Waals surface area contributed by atoms with E-state index in [1.54, 1.807) is 0 Å². The lowest BCUT2D eigenvalue weighted by Gasteiger charge is -2.20. The van der Waals surface area contributed by atoms with Crippen molar-refractivity contribution in [2.75, 3.05) is 13.1 Å². The van der Waals surface area contributed by atoms with Gasteiger partial charge in [-0.3, -0.25) is 14.5 Å². The Balaban J connectivity index is 1.21. The Bertz CT molecular complexity index is 900. The van der Waals surface area contributed by atoms with Crippen LogP contribution in [0, 0.1) is 30.6 Å². The smallest absolute Gasteiger partial charge is 0.233 e. The van der Waals surface area contributed by atoms with Crippen LogP contribution in [0.4, 0.5) is 0 Å². The third kappa shape index (κ3) is 3.64. The highest BCUT2D eigenvalue weighted by molar-refractivity contribution is 6.06. The Labute approximate surface area is 182 Å². The van der Waals surface area contributed by atoms with Gasteiger partial charge in [-0.1, -0.05) is 25.0 Å². The molecule has 1 aliphatic heterocycles. The van der Waals surface area contributed by atoms with Gasteiger partial charge in [0, 0.05) is 26.2 Å². The Morgan fingerprint density at radius 3 is 2.42 bits per heavy atom. The highest BCUT2D eigenvalue weighted by atomic mass is 16.2. The second-order valence-electron chi connectivity index (χ2n) is 9.27. The molecule has 2 heterocycles. The van der Waals surface area contributed by atoms with E-state index in [4.69, 9.17) is 4.99 Å². The number of fused-ring (bicyclic) bond motifs is 5. The first kappa shape index (κ1) is 20.2. The molecule has 0 spiro atoms. The van der Waals surface area contributed by atoms with Gasteiger partial charge >= 0.3 is 0 Å². The van der Waals surface area contributed by atoms with Crippen molar-refractivity contribution in [2.24, 2.45) is 35.7 Å². The second kappa shape index (κ2) is 8.09.